The number of primary amides is 1. The molecule has 7 nitrogen and oxygen atoms in total. The third-order valence-corrected chi connectivity index (χ3v) is 3.68. The van der Waals surface area contributed by atoms with Crippen molar-refractivity contribution in [3.63, 3.8) is 0 Å². The maximum Gasteiger partial charge on any atom is 0.241 e. The Hall–Kier alpha value is -1.09. The van der Waals surface area contributed by atoms with Crippen LogP contribution in [0.3, 0.4) is 0 Å². The van der Waals surface area contributed by atoms with Crippen LogP contribution in [-0.4, -0.2) is 72.4 Å². The quantitative estimate of drug-likeness (QED) is 0.504. The minimum Gasteiger partial charge on any atom is -0.368 e. The standard InChI is InChI=1S/C12H23N5O2S/c1-16-5-7-17(8-6-16)4-2-3-9(18)15-12(20)10(13)11(14)19/h10H,2-8,13H2,1H3,(H2,14,19)(H,15,18,20). The second-order valence-corrected chi connectivity index (χ2v) is 5.48. The van der Waals surface area contributed by atoms with Gasteiger partial charge in [0.1, 0.15) is 11.0 Å². The zero-order valence-corrected chi connectivity index (χ0v) is 12.6. The van der Waals surface area contributed by atoms with E-state index in [9.17, 15) is 9.59 Å². The van der Waals surface area contributed by atoms with E-state index in [0.717, 1.165) is 39.1 Å². The van der Waals surface area contributed by atoms with Crippen LogP contribution in [0.15, 0.2) is 0 Å². The number of rotatable bonds is 6. The molecular weight excluding hydrogens is 278 g/mol. The Bertz CT molecular complexity index is 369. The van der Waals surface area contributed by atoms with Crippen molar-refractivity contribution in [3.8, 4) is 0 Å². The first kappa shape index (κ1) is 17.0. The van der Waals surface area contributed by atoms with E-state index in [0.29, 0.717) is 6.42 Å². The summed E-state index contributed by atoms with van der Waals surface area (Å²) >= 11 is 4.84. The molecule has 0 radical (unpaired) electrons. The first-order chi connectivity index (χ1) is 9.40. The number of hydrogen-bond donors (Lipinski definition) is 3. The lowest BCUT2D eigenvalue weighted by atomic mass is 10.2. The zero-order chi connectivity index (χ0) is 15.1. The van der Waals surface area contributed by atoms with Crippen molar-refractivity contribution in [2.75, 3.05) is 39.8 Å². The molecule has 1 unspecified atom stereocenters. The first-order valence-electron chi connectivity index (χ1n) is 6.69. The van der Waals surface area contributed by atoms with E-state index in [2.05, 4.69) is 22.2 Å². The largest absolute Gasteiger partial charge is 0.368 e. The Kier molecular flexibility index (Phi) is 7.00. The van der Waals surface area contributed by atoms with E-state index in [1.165, 1.54) is 0 Å². The Balaban J connectivity index is 2.17. The molecule has 0 aromatic carbocycles. The third-order valence-electron chi connectivity index (χ3n) is 3.33. The van der Waals surface area contributed by atoms with Crippen LogP contribution in [0, 0.1) is 0 Å². The van der Waals surface area contributed by atoms with Crippen molar-refractivity contribution in [2.24, 2.45) is 11.5 Å². The molecule has 1 aliphatic heterocycles. The van der Waals surface area contributed by atoms with Gasteiger partial charge in [-0.2, -0.15) is 0 Å². The highest BCUT2D eigenvalue weighted by Gasteiger charge is 2.18. The molecule has 1 heterocycles. The summed E-state index contributed by atoms with van der Waals surface area (Å²) < 4.78 is 0. The number of piperazine rings is 1. The number of nitrogens with two attached hydrogens (primary N) is 2. The zero-order valence-electron chi connectivity index (χ0n) is 11.8. The molecule has 0 bridgehead atoms. The van der Waals surface area contributed by atoms with Gasteiger partial charge in [-0.15, -0.1) is 0 Å². The molecule has 1 saturated heterocycles. The van der Waals surface area contributed by atoms with Crippen LogP contribution in [0.1, 0.15) is 12.8 Å². The molecule has 1 rings (SSSR count). The summed E-state index contributed by atoms with van der Waals surface area (Å²) in [6, 6.07) is -1.11. The summed E-state index contributed by atoms with van der Waals surface area (Å²) in [5.41, 5.74) is 10.4. The summed E-state index contributed by atoms with van der Waals surface area (Å²) in [5, 5.41) is 2.45. The first-order valence-corrected chi connectivity index (χ1v) is 7.10. The maximum atomic E-state index is 11.6. The summed E-state index contributed by atoms with van der Waals surface area (Å²) in [6.45, 7) is 5.07. The van der Waals surface area contributed by atoms with Crippen LogP contribution in [0.4, 0.5) is 0 Å². The molecule has 2 amide bonds. The average Bonchev–Trinajstić information content (AvgIpc) is 2.39. The number of thiocarbonyl (C=S) groups is 1. The number of carbonyl (C=O) groups is 2. The molecular formula is C12H23N5O2S. The predicted octanol–water partition coefficient (Wildman–Crippen LogP) is -1.73. The van der Waals surface area contributed by atoms with Gasteiger partial charge in [0, 0.05) is 32.6 Å². The fourth-order valence-corrected chi connectivity index (χ4v) is 2.17. The molecule has 0 aromatic heterocycles. The lowest BCUT2D eigenvalue weighted by Gasteiger charge is -2.32. The van der Waals surface area contributed by atoms with Crippen molar-refractivity contribution in [1.29, 1.82) is 0 Å². The lowest BCUT2D eigenvalue weighted by Crippen LogP contribution is -2.49. The number of nitrogens with zero attached hydrogens (tertiary/aromatic N) is 2. The van der Waals surface area contributed by atoms with E-state index in [1.807, 2.05) is 0 Å². The summed E-state index contributed by atoms with van der Waals surface area (Å²) in [6.07, 6.45) is 1.11. The molecule has 114 valence electrons. The second-order valence-electron chi connectivity index (χ2n) is 5.04. The van der Waals surface area contributed by atoms with Crippen LogP contribution >= 0.6 is 12.2 Å². The topological polar surface area (TPSA) is 105 Å². The molecule has 1 fully saturated rings. The van der Waals surface area contributed by atoms with Crippen LogP contribution in [-0.2, 0) is 9.59 Å². The molecule has 0 spiro atoms. The molecule has 8 heteroatoms. The van der Waals surface area contributed by atoms with E-state index in [1.54, 1.807) is 0 Å². The van der Waals surface area contributed by atoms with Crippen molar-refractivity contribution in [3.05, 3.63) is 0 Å². The molecule has 0 aliphatic carbocycles. The van der Waals surface area contributed by atoms with E-state index < -0.39 is 11.9 Å². The van der Waals surface area contributed by atoms with Crippen LogP contribution < -0.4 is 16.8 Å². The van der Waals surface area contributed by atoms with E-state index >= 15 is 0 Å². The van der Waals surface area contributed by atoms with E-state index in [4.69, 9.17) is 23.7 Å². The van der Waals surface area contributed by atoms with Crippen molar-refractivity contribution in [2.45, 2.75) is 18.9 Å². The molecule has 5 N–H and O–H groups in total. The number of carbonyl (C=O) groups excluding carboxylic acids is 2. The summed E-state index contributed by atoms with van der Waals surface area (Å²) in [7, 11) is 2.10. The van der Waals surface area contributed by atoms with Gasteiger partial charge in [0.15, 0.2) is 0 Å². The Morgan fingerprint density at radius 1 is 1.30 bits per heavy atom. The van der Waals surface area contributed by atoms with Crippen molar-refractivity contribution < 1.29 is 9.59 Å². The molecule has 0 saturated carbocycles. The Morgan fingerprint density at radius 2 is 1.90 bits per heavy atom. The normalized spacial score (nSPS) is 18.5. The number of amides is 2. The van der Waals surface area contributed by atoms with Gasteiger partial charge in [0.05, 0.1) is 0 Å². The van der Waals surface area contributed by atoms with Crippen LogP contribution in [0.5, 0.6) is 0 Å². The lowest BCUT2D eigenvalue weighted by molar-refractivity contribution is -0.119. The van der Waals surface area contributed by atoms with E-state index in [-0.39, 0.29) is 10.9 Å². The van der Waals surface area contributed by atoms with Gasteiger partial charge in [-0.25, -0.2) is 0 Å². The second kappa shape index (κ2) is 8.25. The fraction of sp³-hybridized carbons (Fsp3) is 0.750. The highest BCUT2D eigenvalue weighted by atomic mass is 32.1. The minimum absolute atomic E-state index is 0.0119. The molecule has 1 atom stereocenters. The maximum absolute atomic E-state index is 11.6. The molecule has 1 aliphatic rings. The number of hydrogen-bond acceptors (Lipinski definition) is 6. The SMILES string of the molecule is CN1CCN(CCCC(=O)NC(=S)C(N)C(N)=O)CC1. The highest BCUT2D eigenvalue weighted by Crippen LogP contribution is 2.01. The Labute approximate surface area is 124 Å². The smallest absolute Gasteiger partial charge is 0.241 e. The minimum atomic E-state index is -1.11. The number of nitrogens with one attached hydrogen (secondary N) is 1. The average molecular weight is 301 g/mol. The molecule has 0 aromatic rings. The van der Waals surface area contributed by atoms with Crippen molar-refractivity contribution >= 4 is 29.0 Å². The fourth-order valence-electron chi connectivity index (χ4n) is 1.94. The van der Waals surface area contributed by atoms with Gasteiger partial charge < -0.3 is 26.6 Å². The van der Waals surface area contributed by atoms with Gasteiger partial charge in [-0.3, -0.25) is 9.59 Å². The predicted molar refractivity (Wildman–Crippen MR) is 81.1 cm³/mol. The third kappa shape index (κ3) is 5.91. The van der Waals surface area contributed by atoms with Crippen molar-refractivity contribution in [1.82, 2.24) is 15.1 Å². The van der Waals surface area contributed by atoms with Gasteiger partial charge in [0.25, 0.3) is 0 Å². The summed E-state index contributed by atoms with van der Waals surface area (Å²) in [5.74, 6) is -0.964. The van der Waals surface area contributed by atoms with Gasteiger partial charge in [-0.1, -0.05) is 12.2 Å². The van der Waals surface area contributed by atoms with Crippen LogP contribution in [0.2, 0.25) is 0 Å². The van der Waals surface area contributed by atoms with Crippen LogP contribution in [0.25, 0.3) is 0 Å². The van der Waals surface area contributed by atoms with Gasteiger partial charge in [-0.05, 0) is 20.0 Å². The Morgan fingerprint density at radius 3 is 2.45 bits per heavy atom. The number of likely N-dealkylation sites (N-methyl/N-ethyl adjacent to an activating group) is 1. The monoisotopic (exact) mass is 301 g/mol. The van der Waals surface area contributed by atoms with Gasteiger partial charge in [0.2, 0.25) is 11.8 Å². The molecule has 20 heavy (non-hydrogen) atoms. The van der Waals surface area contributed by atoms with Gasteiger partial charge >= 0.3 is 0 Å². The highest BCUT2D eigenvalue weighted by molar-refractivity contribution is 7.80. The summed E-state index contributed by atoms with van der Waals surface area (Å²) in [4.78, 5) is 27.1.